The molecule has 0 spiro atoms. The van der Waals surface area contributed by atoms with Gasteiger partial charge in [0.25, 0.3) is 0 Å². The smallest absolute Gasteiger partial charge is 0.315 e. The van der Waals surface area contributed by atoms with E-state index < -0.39 is 0 Å². The molecule has 2 N–H and O–H groups in total. The molecule has 3 nitrogen and oxygen atoms in total. The number of hydrogen-bond donors (Lipinski definition) is 2. The molecule has 0 saturated carbocycles. The molecule has 1 aromatic heterocycles. The fourth-order valence-corrected chi connectivity index (χ4v) is 1.69. The number of urea groups is 1. The first-order valence-electron chi connectivity index (χ1n) is 4.85. The molecular weight excluding hydrogens is 196 g/mol. The summed E-state index contributed by atoms with van der Waals surface area (Å²) in [7, 11) is 0. The lowest BCUT2D eigenvalue weighted by atomic mass is 10.3. The number of carbonyl (C=O) groups excluding carboxylic acids is 1. The third kappa shape index (κ3) is 4.28. The van der Waals surface area contributed by atoms with Crippen molar-refractivity contribution in [3.8, 4) is 0 Å². The lowest BCUT2D eigenvalue weighted by molar-refractivity contribution is 0.240. The van der Waals surface area contributed by atoms with Crippen LogP contribution in [0.4, 0.5) is 4.79 Å². The van der Waals surface area contributed by atoms with Crippen molar-refractivity contribution in [2.45, 2.75) is 26.3 Å². The van der Waals surface area contributed by atoms with Gasteiger partial charge in [0.2, 0.25) is 0 Å². The van der Waals surface area contributed by atoms with Crippen LogP contribution in [-0.4, -0.2) is 12.6 Å². The minimum Gasteiger partial charge on any atom is -0.338 e. The van der Waals surface area contributed by atoms with Crippen LogP contribution in [0.25, 0.3) is 0 Å². The first-order valence-corrected chi connectivity index (χ1v) is 5.80. The predicted octanol–water partition coefficient (Wildman–Crippen LogP) is 2.35. The minimum atomic E-state index is -0.0790. The van der Waals surface area contributed by atoms with Gasteiger partial charge in [0.1, 0.15) is 0 Å². The quantitative estimate of drug-likeness (QED) is 0.723. The van der Waals surface area contributed by atoms with E-state index in [1.54, 1.807) is 11.3 Å². The lowest BCUT2D eigenvalue weighted by Crippen LogP contribution is -2.35. The van der Waals surface area contributed by atoms with E-state index in [0.717, 1.165) is 24.9 Å². The Labute approximate surface area is 88.5 Å². The number of thiophene rings is 1. The van der Waals surface area contributed by atoms with Crippen LogP contribution in [0, 0.1) is 0 Å². The molecule has 2 amide bonds. The van der Waals surface area contributed by atoms with Gasteiger partial charge in [-0.25, -0.2) is 4.79 Å². The summed E-state index contributed by atoms with van der Waals surface area (Å²) in [6.07, 6.45) is 2.14. The van der Waals surface area contributed by atoms with Crippen LogP contribution in [0.5, 0.6) is 0 Å². The lowest BCUT2D eigenvalue weighted by Gasteiger charge is -2.05. The summed E-state index contributed by atoms with van der Waals surface area (Å²) in [4.78, 5) is 11.2. The second-order valence-corrected chi connectivity index (χ2v) is 3.87. The third-order valence-corrected chi connectivity index (χ3v) is 2.58. The van der Waals surface area contributed by atoms with Crippen molar-refractivity contribution < 1.29 is 4.79 Å². The molecule has 1 rings (SSSR count). The Hall–Kier alpha value is -1.03. The molecule has 0 atom stereocenters. The zero-order valence-corrected chi connectivity index (χ0v) is 9.19. The molecule has 4 heteroatoms. The molecule has 14 heavy (non-hydrogen) atoms. The molecule has 1 heterocycles. The topological polar surface area (TPSA) is 41.1 Å². The molecule has 0 radical (unpaired) electrons. The molecular formula is C10H16N2OS. The van der Waals surface area contributed by atoms with Crippen molar-refractivity contribution in [2.75, 3.05) is 6.54 Å². The molecule has 0 aliphatic carbocycles. The maximum Gasteiger partial charge on any atom is 0.315 e. The Morgan fingerprint density at radius 2 is 2.36 bits per heavy atom. The van der Waals surface area contributed by atoms with E-state index >= 15 is 0 Å². The van der Waals surface area contributed by atoms with E-state index in [2.05, 4.69) is 17.6 Å². The Morgan fingerprint density at radius 3 is 3.00 bits per heavy atom. The number of carbonyl (C=O) groups is 1. The molecule has 0 saturated heterocycles. The number of amides is 2. The Kier molecular flexibility index (Phi) is 5.07. The van der Waals surface area contributed by atoms with Crippen LogP contribution in [-0.2, 0) is 6.54 Å². The molecule has 0 aliphatic rings. The van der Waals surface area contributed by atoms with Gasteiger partial charge in [-0.3, -0.25) is 0 Å². The van der Waals surface area contributed by atoms with Crippen molar-refractivity contribution in [3.05, 3.63) is 22.4 Å². The minimum absolute atomic E-state index is 0.0790. The van der Waals surface area contributed by atoms with Crippen LogP contribution in [0.15, 0.2) is 16.8 Å². The normalized spacial score (nSPS) is 9.79. The van der Waals surface area contributed by atoms with Crippen molar-refractivity contribution >= 4 is 17.4 Å². The van der Waals surface area contributed by atoms with Gasteiger partial charge in [0.05, 0.1) is 0 Å². The van der Waals surface area contributed by atoms with Gasteiger partial charge < -0.3 is 10.6 Å². The molecule has 0 aliphatic heterocycles. The van der Waals surface area contributed by atoms with Gasteiger partial charge in [-0.2, -0.15) is 11.3 Å². The summed E-state index contributed by atoms with van der Waals surface area (Å²) in [6, 6.07) is 1.93. The highest BCUT2D eigenvalue weighted by molar-refractivity contribution is 7.07. The highest BCUT2D eigenvalue weighted by Crippen LogP contribution is 2.04. The van der Waals surface area contributed by atoms with E-state index in [1.807, 2.05) is 16.8 Å². The summed E-state index contributed by atoms with van der Waals surface area (Å²) < 4.78 is 0. The van der Waals surface area contributed by atoms with E-state index in [9.17, 15) is 4.79 Å². The van der Waals surface area contributed by atoms with E-state index in [1.165, 1.54) is 0 Å². The summed E-state index contributed by atoms with van der Waals surface area (Å²) in [5.41, 5.74) is 1.15. The fourth-order valence-electron chi connectivity index (χ4n) is 1.02. The molecule has 78 valence electrons. The molecule has 0 fully saturated rings. The van der Waals surface area contributed by atoms with Crippen molar-refractivity contribution in [1.82, 2.24) is 10.6 Å². The molecule has 0 unspecified atom stereocenters. The van der Waals surface area contributed by atoms with Crippen LogP contribution >= 0.6 is 11.3 Å². The van der Waals surface area contributed by atoms with Gasteiger partial charge in [0, 0.05) is 13.1 Å². The van der Waals surface area contributed by atoms with E-state index in [0.29, 0.717) is 6.54 Å². The second-order valence-electron chi connectivity index (χ2n) is 3.09. The first kappa shape index (κ1) is 11.0. The van der Waals surface area contributed by atoms with E-state index in [-0.39, 0.29) is 6.03 Å². The van der Waals surface area contributed by atoms with Gasteiger partial charge in [-0.1, -0.05) is 13.3 Å². The van der Waals surface area contributed by atoms with Crippen LogP contribution < -0.4 is 10.6 Å². The van der Waals surface area contributed by atoms with Crippen molar-refractivity contribution in [1.29, 1.82) is 0 Å². The number of nitrogens with one attached hydrogen (secondary N) is 2. The Morgan fingerprint density at radius 1 is 1.50 bits per heavy atom. The highest BCUT2D eigenvalue weighted by atomic mass is 32.1. The average Bonchev–Trinajstić information content (AvgIpc) is 2.68. The van der Waals surface area contributed by atoms with E-state index in [4.69, 9.17) is 0 Å². The summed E-state index contributed by atoms with van der Waals surface area (Å²) in [5.74, 6) is 0. The first-order chi connectivity index (χ1) is 6.83. The molecule has 0 bridgehead atoms. The zero-order chi connectivity index (χ0) is 10.2. The summed E-state index contributed by atoms with van der Waals surface area (Å²) in [6.45, 7) is 3.47. The maximum atomic E-state index is 11.2. The van der Waals surface area contributed by atoms with Gasteiger partial charge >= 0.3 is 6.03 Å². The van der Waals surface area contributed by atoms with Crippen LogP contribution in [0.1, 0.15) is 25.3 Å². The second kappa shape index (κ2) is 6.43. The van der Waals surface area contributed by atoms with Crippen LogP contribution in [0.3, 0.4) is 0 Å². The van der Waals surface area contributed by atoms with Crippen LogP contribution in [0.2, 0.25) is 0 Å². The van der Waals surface area contributed by atoms with Crippen molar-refractivity contribution in [2.24, 2.45) is 0 Å². The average molecular weight is 212 g/mol. The predicted molar refractivity (Wildman–Crippen MR) is 59.5 cm³/mol. The van der Waals surface area contributed by atoms with Gasteiger partial charge in [-0.15, -0.1) is 0 Å². The largest absolute Gasteiger partial charge is 0.338 e. The molecule has 0 aromatic carbocycles. The van der Waals surface area contributed by atoms with Gasteiger partial charge in [-0.05, 0) is 28.8 Å². The Balaban J connectivity index is 2.09. The zero-order valence-electron chi connectivity index (χ0n) is 8.38. The Bertz CT molecular complexity index is 259. The summed E-state index contributed by atoms with van der Waals surface area (Å²) >= 11 is 1.64. The monoisotopic (exact) mass is 212 g/mol. The fraction of sp³-hybridized carbons (Fsp3) is 0.500. The number of hydrogen-bond acceptors (Lipinski definition) is 2. The summed E-state index contributed by atoms with van der Waals surface area (Å²) in [5, 5.41) is 9.64. The SMILES string of the molecule is CCCCNC(=O)NCc1ccsc1. The van der Waals surface area contributed by atoms with Gasteiger partial charge in [0.15, 0.2) is 0 Å². The highest BCUT2D eigenvalue weighted by Gasteiger charge is 1.98. The van der Waals surface area contributed by atoms with Crippen molar-refractivity contribution in [3.63, 3.8) is 0 Å². The number of rotatable bonds is 5. The standard InChI is InChI=1S/C10H16N2OS/c1-2-3-5-11-10(13)12-7-9-4-6-14-8-9/h4,6,8H,2-3,5,7H2,1H3,(H2,11,12,13). The molecule has 1 aromatic rings. The maximum absolute atomic E-state index is 11.2. The number of unbranched alkanes of at least 4 members (excludes halogenated alkanes) is 1. The third-order valence-electron chi connectivity index (χ3n) is 1.85.